The van der Waals surface area contributed by atoms with Crippen molar-refractivity contribution in [2.24, 2.45) is 5.92 Å². The second-order valence-electron chi connectivity index (χ2n) is 2.31. The molecule has 1 unspecified atom stereocenters. The van der Waals surface area contributed by atoms with E-state index in [1.807, 2.05) is 0 Å². The van der Waals surface area contributed by atoms with Crippen LogP contribution in [0.25, 0.3) is 0 Å². The van der Waals surface area contributed by atoms with Gasteiger partial charge in [0.05, 0.1) is 0 Å². The van der Waals surface area contributed by atoms with E-state index in [9.17, 15) is 0 Å². The molecule has 0 nitrogen and oxygen atoms in total. The molecule has 0 aliphatic heterocycles. The van der Waals surface area contributed by atoms with Gasteiger partial charge in [-0.25, -0.2) is 0 Å². The van der Waals surface area contributed by atoms with Crippen LogP contribution < -0.4 is 0 Å². The minimum atomic E-state index is 0.454. The van der Waals surface area contributed by atoms with E-state index in [1.165, 1.54) is 19.3 Å². The summed E-state index contributed by atoms with van der Waals surface area (Å²) in [7, 11) is 0. The first-order valence-electron chi connectivity index (χ1n) is 3.56. The first-order chi connectivity index (χ1) is 3.81. The van der Waals surface area contributed by atoms with Crippen molar-refractivity contribution in [2.75, 3.05) is 0 Å². The Morgan fingerprint density at radius 1 is 1.38 bits per heavy atom. The lowest BCUT2D eigenvalue weighted by atomic mass is 10.0. The van der Waals surface area contributed by atoms with Crippen molar-refractivity contribution in [1.29, 1.82) is 0 Å². The molecule has 0 fully saturated rings. The predicted molar refractivity (Wildman–Crippen MR) is 37.6 cm³/mol. The third kappa shape index (κ3) is 4.17. The van der Waals surface area contributed by atoms with Gasteiger partial charge in [-0.3, -0.25) is 0 Å². The molecule has 0 heterocycles. The molecule has 0 N–H and O–H groups in total. The molecule has 1 atom stereocenters. The SMILES string of the molecule is [CH]C(CC)CCCC. The van der Waals surface area contributed by atoms with Crippen molar-refractivity contribution in [3.8, 4) is 0 Å². The Kier molecular flexibility index (Phi) is 5.14. The zero-order valence-electron chi connectivity index (χ0n) is 5.98. The Balaban J connectivity index is 2.86. The fourth-order valence-corrected chi connectivity index (χ4v) is 0.670. The van der Waals surface area contributed by atoms with E-state index in [1.54, 1.807) is 0 Å². The zero-order chi connectivity index (χ0) is 6.41. The predicted octanol–water partition coefficient (Wildman–Crippen LogP) is 2.91. The Hall–Kier alpha value is 0. The highest BCUT2D eigenvalue weighted by molar-refractivity contribution is 4.57. The number of hydrogen-bond acceptors (Lipinski definition) is 0. The lowest BCUT2D eigenvalue weighted by molar-refractivity contribution is 0.537. The van der Waals surface area contributed by atoms with Gasteiger partial charge in [-0.2, -0.15) is 0 Å². The third-order valence-corrected chi connectivity index (χ3v) is 1.45. The van der Waals surface area contributed by atoms with E-state index in [0.29, 0.717) is 5.92 Å². The van der Waals surface area contributed by atoms with Crippen LogP contribution in [0.4, 0.5) is 0 Å². The molecule has 48 valence electrons. The first kappa shape index (κ1) is 8.00. The van der Waals surface area contributed by atoms with Crippen LogP contribution in [0.5, 0.6) is 0 Å². The molecule has 0 aliphatic carbocycles. The van der Waals surface area contributed by atoms with Crippen LogP contribution in [0.15, 0.2) is 0 Å². The largest absolute Gasteiger partial charge is 0.0654 e. The first-order valence-corrected chi connectivity index (χ1v) is 3.56. The Morgan fingerprint density at radius 2 is 2.00 bits per heavy atom. The molecule has 0 saturated heterocycles. The quantitative estimate of drug-likeness (QED) is 0.524. The van der Waals surface area contributed by atoms with Gasteiger partial charge < -0.3 is 0 Å². The summed E-state index contributed by atoms with van der Waals surface area (Å²) in [6, 6.07) is 0. The van der Waals surface area contributed by atoms with Gasteiger partial charge in [0.1, 0.15) is 0 Å². The fraction of sp³-hybridized carbons (Fsp3) is 0.875. The van der Waals surface area contributed by atoms with Gasteiger partial charge in [0.2, 0.25) is 0 Å². The van der Waals surface area contributed by atoms with Crippen molar-refractivity contribution in [3.63, 3.8) is 0 Å². The summed E-state index contributed by atoms with van der Waals surface area (Å²) in [5.41, 5.74) is 0. The van der Waals surface area contributed by atoms with Gasteiger partial charge in [-0.05, 0) is 12.8 Å². The molecule has 0 amide bonds. The molecule has 8 heavy (non-hydrogen) atoms. The monoisotopic (exact) mass is 112 g/mol. The lowest BCUT2D eigenvalue weighted by Gasteiger charge is -2.03. The molecule has 0 rings (SSSR count). The van der Waals surface area contributed by atoms with E-state index in [2.05, 4.69) is 13.8 Å². The highest BCUT2D eigenvalue weighted by Gasteiger charge is 1.95. The molecule has 0 bridgehead atoms. The second kappa shape index (κ2) is 5.14. The van der Waals surface area contributed by atoms with Crippen LogP contribution in [0.2, 0.25) is 0 Å². The van der Waals surface area contributed by atoms with Gasteiger partial charge in [-0.1, -0.05) is 39.5 Å². The van der Waals surface area contributed by atoms with Gasteiger partial charge in [0.25, 0.3) is 0 Å². The lowest BCUT2D eigenvalue weighted by Crippen LogP contribution is -1.90. The zero-order valence-corrected chi connectivity index (χ0v) is 5.98. The van der Waals surface area contributed by atoms with E-state index >= 15 is 0 Å². The average Bonchev–Trinajstić information content (AvgIpc) is 1.83. The molecule has 0 heteroatoms. The van der Waals surface area contributed by atoms with Crippen LogP contribution in [0.1, 0.15) is 39.5 Å². The maximum atomic E-state index is 5.66. The maximum absolute atomic E-state index is 5.66. The summed E-state index contributed by atoms with van der Waals surface area (Å²) >= 11 is 0. The summed E-state index contributed by atoms with van der Waals surface area (Å²) in [4.78, 5) is 0. The van der Waals surface area contributed by atoms with Crippen molar-refractivity contribution in [1.82, 2.24) is 0 Å². The summed E-state index contributed by atoms with van der Waals surface area (Å²) in [5, 5.41) is 0. The molecule has 0 aromatic heterocycles. The standard InChI is InChI=1S/C8H16/c1-4-6-7-8(3)5-2/h3,8H,4-7H2,1-2H3. The van der Waals surface area contributed by atoms with Gasteiger partial charge >= 0.3 is 0 Å². The topological polar surface area (TPSA) is 0 Å². The Labute approximate surface area is 53.3 Å². The van der Waals surface area contributed by atoms with Crippen molar-refractivity contribution >= 4 is 0 Å². The highest BCUT2D eigenvalue weighted by atomic mass is 14.0. The molecule has 0 aromatic rings. The van der Waals surface area contributed by atoms with E-state index in [4.69, 9.17) is 6.92 Å². The summed E-state index contributed by atoms with van der Waals surface area (Å²) in [5.74, 6) is 0.454. The Morgan fingerprint density at radius 3 is 2.38 bits per heavy atom. The summed E-state index contributed by atoms with van der Waals surface area (Å²) in [6.07, 6.45) is 4.88. The number of rotatable bonds is 4. The molecule has 0 aliphatic rings. The molecule has 0 spiro atoms. The minimum absolute atomic E-state index is 0.454. The van der Waals surface area contributed by atoms with Crippen LogP contribution in [-0.4, -0.2) is 0 Å². The average molecular weight is 112 g/mol. The fourth-order valence-electron chi connectivity index (χ4n) is 0.670. The van der Waals surface area contributed by atoms with Crippen LogP contribution in [-0.2, 0) is 0 Å². The van der Waals surface area contributed by atoms with Crippen molar-refractivity contribution < 1.29 is 0 Å². The molecule has 0 saturated carbocycles. The number of unbranched alkanes of at least 4 members (excludes halogenated alkanes) is 1. The van der Waals surface area contributed by atoms with Crippen LogP contribution in [0, 0.1) is 12.8 Å². The van der Waals surface area contributed by atoms with Crippen LogP contribution >= 0.6 is 0 Å². The van der Waals surface area contributed by atoms with E-state index < -0.39 is 0 Å². The van der Waals surface area contributed by atoms with Gasteiger partial charge in [0.15, 0.2) is 0 Å². The van der Waals surface area contributed by atoms with E-state index in [-0.39, 0.29) is 0 Å². The van der Waals surface area contributed by atoms with Gasteiger partial charge in [-0.15, -0.1) is 0 Å². The molecule has 0 aromatic carbocycles. The van der Waals surface area contributed by atoms with Gasteiger partial charge in [0, 0.05) is 0 Å². The smallest absolute Gasteiger partial charge is 0.0318 e. The minimum Gasteiger partial charge on any atom is -0.0654 e. The molecular weight excluding hydrogens is 96.1 g/mol. The van der Waals surface area contributed by atoms with Crippen LogP contribution in [0.3, 0.4) is 0 Å². The highest BCUT2D eigenvalue weighted by Crippen LogP contribution is 2.09. The maximum Gasteiger partial charge on any atom is -0.0318 e. The normalized spacial score (nSPS) is 13.9. The van der Waals surface area contributed by atoms with Crippen molar-refractivity contribution in [2.45, 2.75) is 39.5 Å². The number of hydrogen-bond donors (Lipinski definition) is 0. The van der Waals surface area contributed by atoms with Crippen molar-refractivity contribution in [3.05, 3.63) is 6.92 Å². The van der Waals surface area contributed by atoms with E-state index in [0.717, 1.165) is 6.42 Å². The summed E-state index contributed by atoms with van der Waals surface area (Å²) < 4.78 is 0. The molecule has 2 radical (unpaired) electrons. The summed E-state index contributed by atoms with van der Waals surface area (Å²) in [6.45, 7) is 10.00. The molecular formula is C8H16. The second-order valence-corrected chi connectivity index (χ2v) is 2.31. The Bertz CT molecular complexity index is 39.3. The third-order valence-electron chi connectivity index (χ3n) is 1.45.